The maximum absolute atomic E-state index is 14.6. The fourth-order valence-corrected chi connectivity index (χ4v) is 26.2. The summed E-state index contributed by atoms with van der Waals surface area (Å²) >= 11 is 13.0. The Balaban J connectivity index is 0.643. The Morgan fingerprint density at radius 3 is 1.46 bits per heavy atom. The van der Waals surface area contributed by atoms with Gasteiger partial charge in [-0.25, -0.2) is 15.0 Å². The highest BCUT2D eigenvalue weighted by atomic mass is 35.5. The molecular weight excluding hydrogens is 1390 g/mol. The highest BCUT2D eigenvalue weighted by Crippen LogP contribution is 2.78. The Hall–Kier alpha value is -6.61. The summed E-state index contributed by atoms with van der Waals surface area (Å²) in [6.45, 7) is 37.1. The number of allylic oxidation sites excluding steroid dienone is 2. The lowest BCUT2D eigenvalue weighted by Crippen LogP contribution is -2.66. The Labute approximate surface area is 633 Å². The molecule has 10 aliphatic rings. The molecule has 4 aromatic heterocycles. The van der Waals surface area contributed by atoms with Crippen LogP contribution in [-0.4, -0.2) is 104 Å². The quantitative estimate of drug-likeness (QED) is 0.0673. The number of aliphatic carboxylic acids is 2. The number of fused-ring (bicyclic) bond motifs is 14. The third-order valence-electron chi connectivity index (χ3n) is 31.6. The maximum Gasteiger partial charge on any atom is 0.316 e. The number of carbonyl (C=O) groups is 6. The van der Waals surface area contributed by atoms with Gasteiger partial charge < -0.3 is 39.2 Å². The van der Waals surface area contributed by atoms with Crippen LogP contribution in [0.25, 0.3) is 23.3 Å². The van der Waals surface area contributed by atoms with E-state index in [1.165, 1.54) is 23.5 Å². The van der Waals surface area contributed by atoms with Gasteiger partial charge in [0.25, 0.3) is 11.8 Å². The highest BCUT2D eigenvalue weighted by molar-refractivity contribution is 6.31. The average Bonchev–Trinajstić information content (AvgIpc) is 1.15. The first-order valence-electron chi connectivity index (χ1n) is 39.2. The van der Waals surface area contributed by atoms with Crippen LogP contribution in [0.5, 0.6) is 0 Å². The van der Waals surface area contributed by atoms with E-state index < -0.39 is 63.7 Å². The fourth-order valence-electron chi connectivity index (χ4n) is 25.9. The summed E-state index contributed by atoms with van der Waals surface area (Å²) in [4.78, 5) is 96.0. The van der Waals surface area contributed by atoms with Crippen molar-refractivity contribution >= 4 is 70.7 Å². The molecule has 17 atom stereocenters. The molecule has 10 aliphatic carbocycles. The largest absolute Gasteiger partial charge is 0.481 e. The summed E-state index contributed by atoms with van der Waals surface area (Å²) in [5.74, 6) is -1.02. The van der Waals surface area contributed by atoms with E-state index in [2.05, 4.69) is 138 Å². The summed E-state index contributed by atoms with van der Waals surface area (Å²) in [6, 6.07) is 3.66. The second kappa shape index (κ2) is 25.7. The summed E-state index contributed by atoms with van der Waals surface area (Å²) in [7, 11) is 0. The first-order valence-corrected chi connectivity index (χ1v) is 40.0. The lowest BCUT2D eigenvalue weighted by atomic mass is 9.33. The van der Waals surface area contributed by atoms with Crippen molar-refractivity contribution in [1.82, 2.24) is 35.3 Å². The van der Waals surface area contributed by atoms with Gasteiger partial charge in [0, 0.05) is 42.5 Å². The minimum Gasteiger partial charge on any atom is -0.481 e. The average molecular weight is 1500 g/mol. The molecule has 14 rings (SSSR count). The van der Waals surface area contributed by atoms with Crippen LogP contribution in [0.1, 0.15) is 252 Å². The van der Waals surface area contributed by atoms with Gasteiger partial charge in [-0.15, -0.1) is 10.2 Å². The summed E-state index contributed by atoms with van der Waals surface area (Å²) < 4.78 is 25.5. The Bertz CT molecular complexity index is 4330. The van der Waals surface area contributed by atoms with Crippen molar-refractivity contribution in [3.63, 3.8) is 0 Å². The molecule has 21 nitrogen and oxygen atoms in total. The number of halogens is 2. The number of carbonyl (C=O) groups excluding carboxylic acids is 4. The smallest absolute Gasteiger partial charge is 0.316 e. The van der Waals surface area contributed by atoms with Crippen molar-refractivity contribution in [2.75, 3.05) is 10.6 Å². The van der Waals surface area contributed by atoms with E-state index in [1.807, 2.05) is 0 Å². The number of hydrogen-bond acceptors (Lipinski definition) is 19. The van der Waals surface area contributed by atoms with E-state index in [9.17, 15) is 39.0 Å². The minimum absolute atomic E-state index is 0.0221. The predicted molar refractivity (Wildman–Crippen MR) is 399 cm³/mol. The molecule has 4 heterocycles. The first kappa shape index (κ1) is 76.2. The van der Waals surface area contributed by atoms with Crippen LogP contribution in [0.15, 0.2) is 55.7 Å². The van der Waals surface area contributed by atoms with E-state index in [-0.39, 0.29) is 156 Å². The van der Waals surface area contributed by atoms with Gasteiger partial charge in [-0.1, -0.05) is 130 Å². The number of ketones is 2. The number of hydrogen-bond donors (Lipinski definition) is 4. The van der Waals surface area contributed by atoms with Crippen LogP contribution in [0.3, 0.4) is 0 Å². The molecule has 0 radical (unpaired) electrons. The van der Waals surface area contributed by atoms with Crippen LogP contribution < -0.4 is 10.6 Å². The molecule has 8 saturated carbocycles. The van der Waals surface area contributed by atoms with Crippen LogP contribution in [-0.2, 0) is 44.7 Å². The van der Waals surface area contributed by atoms with Gasteiger partial charge in [0.2, 0.25) is 5.82 Å². The topological polar surface area (TPSA) is 302 Å². The number of esters is 2. The van der Waals surface area contributed by atoms with Crippen molar-refractivity contribution < 1.29 is 57.3 Å². The minimum atomic E-state index is -1.67. The Morgan fingerprint density at radius 1 is 0.557 bits per heavy atom. The van der Waals surface area contributed by atoms with Gasteiger partial charge in [0.1, 0.15) is 17.9 Å². The zero-order valence-electron chi connectivity index (χ0n) is 65.3. The molecule has 1 unspecified atom stereocenters. The van der Waals surface area contributed by atoms with E-state index in [0.717, 1.165) is 94.6 Å². The van der Waals surface area contributed by atoms with E-state index in [4.69, 9.17) is 46.5 Å². The van der Waals surface area contributed by atoms with Gasteiger partial charge >= 0.3 is 35.9 Å². The summed E-state index contributed by atoms with van der Waals surface area (Å²) in [5.41, 5.74) is -1.01. The molecule has 23 heteroatoms. The lowest BCUT2D eigenvalue weighted by molar-refractivity contribution is -0.231. The van der Waals surface area contributed by atoms with E-state index in [1.54, 1.807) is 32.9 Å². The molecule has 4 aromatic rings. The van der Waals surface area contributed by atoms with E-state index >= 15 is 0 Å². The number of carboxylic acid groups (broad SMARTS) is 2. The Kier molecular flexibility index (Phi) is 18.5. The molecule has 574 valence electrons. The highest BCUT2D eigenvalue weighted by Gasteiger charge is 2.73. The van der Waals surface area contributed by atoms with Crippen molar-refractivity contribution in [2.24, 2.45) is 101 Å². The summed E-state index contributed by atoms with van der Waals surface area (Å²) in [6.07, 6.45) is 15.9. The molecule has 8 fully saturated rings. The molecule has 0 saturated heterocycles. The third-order valence-corrected chi connectivity index (χ3v) is 32.1. The van der Waals surface area contributed by atoms with Crippen LogP contribution in [0, 0.1) is 101 Å². The number of pyridine rings is 1. The number of ether oxygens (including phenoxy) is 2. The zero-order chi connectivity index (χ0) is 76.6. The van der Waals surface area contributed by atoms with Crippen molar-refractivity contribution in [1.29, 1.82) is 0 Å². The number of Topliss-reactive ketones (excluding diaryl/α,β-unsaturated/α-hetero) is 2. The second-order valence-electron chi connectivity index (χ2n) is 38.7. The Morgan fingerprint density at radius 2 is 1.01 bits per heavy atom. The molecule has 106 heavy (non-hydrogen) atoms. The van der Waals surface area contributed by atoms with E-state index in [0.29, 0.717) is 42.5 Å². The van der Waals surface area contributed by atoms with Crippen molar-refractivity contribution in [3.05, 3.63) is 62.6 Å². The number of aromatic nitrogens is 7. The number of rotatable bonds is 18. The fraction of sp³-hybridized carbons (Fsp3) is 0.723. The SMILES string of the molecule is CC(C)C1=C2[C@H]3CC[C@@H]4[C@@]5(C)CC[C@H](OC(=O)CC(C)(C)C(=O)O)C(C)(C)[C@@H]5CC[C@@]4(C)[C@]3(C)CC[C@@]2(Nc2nnc(-c3ccc(Cl)c(CC(C)(CC(=O)O[C@H]4CC[C@]5(C)[C@H]6CC[C@@H]7C8=C(C(C)C)C(=O)C[C@]8(Nc8nnc(-c9ncc(Cl)cn9)o8)CC[C@@]7(C)[C@]6(C)CC[C@H]5C4(C)C)C(=O)O)n3)o2)CC1=O. The molecule has 4 N–H and O–H groups in total. The molecule has 0 spiro atoms. The predicted octanol–water partition coefficient (Wildman–Crippen LogP) is 17.6. The third kappa shape index (κ3) is 11.6. The lowest BCUT2D eigenvalue weighted by Gasteiger charge is -2.72. The number of nitrogens with one attached hydrogen (secondary N) is 2. The van der Waals surface area contributed by atoms with Gasteiger partial charge in [-0.05, 0) is 238 Å². The molecule has 0 bridgehead atoms. The van der Waals surface area contributed by atoms with Gasteiger partial charge in [0.15, 0.2) is 11.6 Å². The number of carboxylic acids is 2. The molecule has 0 aliphatic heterocycles. The molecule has 0 aromatic carbocycles. The number of nitrogens with zero attached hydrogens (tertiary/aromatic N) is 7. The normalized spacial score (nSPS) is 37.0. The van der Waals surface area contributed by atoms with Crippen LogP contribution in [0.2, 0.25) is 10.0 Å². The monoisotopic (exact) mass is 1500 g/mol. The van der Waals surface area contributed by atoms with Crippen LogP contribution >= 0.6 is 23.2 Å². The van der Waals surface area contributed by atoms with Crippen molar-refractivity contribution in [2.45, 2.75) is 276 Å². The summed E-state index contributed by atoms with van der Waals surface area (Å²) in [5, 5.41) is 46.6. The number of anilines is 2. The standard InChI is InChI=1S/C83H111Cl2N9O12/c1-43(2)61-51(95)37-82(34-32-78(14)46(63(61)82)18-22-55-76(12)28-26-57(103-59(97)39-72(5,6)68(99)100)73(7,8)53(76)24-30-80(55,78)16)89-70-93-91-66(105-70)49-21-20-48(85)50(88-49)36-75(11,69(101)102)40-60(98)104-58-27-29-77(13)54(74(58,9)10)25-31-81(17)56(77)23-19-47-64-62(44(3)4)52(96)38-83(64,35-33-79(47,81)15)90-71-94-92-67(106-71)65-86-41-45(84)42-87-65/h20-21,41-44,46-47,53-58H,18-19,22-40H2,1-17H3,(H,89,93)(H,90,94)(H,99,100)(H,101,102)/t46-,47-,53+,54+,55-,56-,57+,58+,75?,76+,77+,78-,79-,80-,81-,82-,83-/m1/s1. The van der Waals surface area contributed by atoms with Crippen LogP contribution in [0.4, 0.5) is 12.0 Å². The van der Waals surface area contributed by atoms with Gasteiger partial charge in [-0.2, -0.15) is 0 Å². The second-order valence-corrected chi connectivity index (χ2v) is 39.6. The molecule has 0 amide bonds. The zero-order valence-corrected chi connectivity index (χ0v) is 66.8. The van der Waals surface area contributed by atoms with Gasteiger partial charge in [0.05, 0.1) is 50.5 Å². The van der Waals surface area contributed by atoms with Crippen molar-refractivity contribution in [3.8, 4) is 23.3 Å². The maximum atomic E-state index is 14.6. The van der Waals surface area contributed by atoms with Gasteiger partial charge in [-0.3, -0.25) is 28.8 Å². The first-order chi connectivity index (χ1) is 49.5. The molecular formula is C83H111Cl2N9O12.